The van der Waals surface area contributed by atoms with Gasteiger partial charge in [-0.15, -0.1) is 0 Å². The van der Waals surface area contributed by atoms with Crippen LogP contribution in [0.15, 0.2) is 36.5 Å². The SMILES string of the molecule is O=Cc1cccnc1Cc1ccc(Cl)cc1Cl. The molecule has 0 radical (unpaired) electrons. The number of aromatic nitrogens is 1. The molecular weight excluding hydrogens is 257 g/mol. The Morgan fingerprint density at radius 1 is 1.24 bits per heavy atom. The van der Waals surface area contributed by atoms with Gasteiger partial charge in [0.25, 0.3) is 0 Å². The first kappa shape index (κ1) is 12.1. The number of pyridine rings is 1. The zero-order valence-electron chi connectivity index (χ0n) is 8.86. The molecule has 2 nitrogen and oxygen atoms in total. The molecule has 0 amide bonds. The van der Waals surface area contributed by atoms with Crippen molar-refractivity contribution in [3.05, 3.63) is 63.4 Å². The van der Waals surface area contributed by atoms with Gasteiger partial charge in [-0.3, -0.25) is 9.78 Å². The summed E-state index contributed by atoms with van der Waals surface area (Å²) in [6.07, 6.45) is 2.98. The molecule has 0 fully saturated rings. The zero-order chi connectivity index (χ0) is 12.3. The van der Waals surface area contributed by atoms with Crippen LogP contribution >= 0.6 is 23.2 Å². The monoisotopic (exact) mass is 265 g/mol. The van der Waals surface area contributed by atoms with E-state index in [-0.39, 0.29) is 0 Å². The van der Waals surface area contributed by atoms with Gasteiger partial charge < -0.3 is 0 Å². The molecule has 1 aromatic heterocycles. The summed E-state index contributed by atoms with van der Waals surface area (Å²) in [6.45, 7) is 0. The van der Waals surface area contributed by atoms with Crippen molar-refractivity contribution in [2.24, 2.45) is 0 Å². The highest BCUT2D eigenvalue weighted by atomic mass is 35.5. The van der Waals surface area contributed by atoms with E-state index in [2.05, 4.69) is 4.98 Å². The Kier molecular flexibility index (Phi) is 3.77. The van der Waals surface area contributed by atoms with Crippen LogP contribution < -0.4 is 0 Å². The van der Waals surface area contributed by atoms with Gasteiger partial charge in [-0.25, -0.2) is 0 Å². The summed E-state index contributed by atoms with van der Waals surface area (Å²) >= 11 is 11.9. The Labute approximate surface area is 109 Å². The molecule has 86 valence electrons. The maximum Gasteiger partial charge on any atom is 0.151 e. The Morgan fingerprint density at radius 2 is 2.06 bits per heavy atom. The third-order valence-corrected chi connectivity index (χ3v) is 3.01. The molecule has 2 rings (SSSR count). The summed E-state index contributed by atoms with van der Waals surface area (Å²) in [5, 5.41) is 1.18. The highest BCUT2D eigenvalue weighted by Gasteiger charge is 2.07. The fourth-order valence-corrected chi connectivity index (χ4v) is 2.03. The molecule has 17 heavy (non-hydrogen) atoms. The number of carbonyl (C=O) groups excluding carboxylic acids is 1. The highest BCUT2D eigenvalue weighted by molar-refractivity contribution is 6.35. The molecule has 0 saturated heterocycles. The lowest BCUT2D eigenvalue weighted by Gasteiger charge is -2.06. The first-order chi connectivity index (χ1) is 8.20. The summed E-state index contributed by atoms with van der Waals surface area (Å²) in [5.74, 6) is 0. The lowest BCUT2D eigenvalue weighted by atomic mass is 10.1. The van der Waals surface area contributed by atoms with Crippen LogP contribution in [0, 0.1) is 0 Å². The minimum Gasteiger partial charge on any atom is -0.298 e. The average Bonchev–Trinajstić information content (AvgIpc) is 2.33. The third kappa shape index (κ3) is 2.84. The molecule has 1 heterocycles. The summed E-state index contributed by atoms with van der Waals surface area (Å²) in [7, 11) is 0. The molecule has 0 bridgehead atoms. The number of halogens is 2. The van der Waals surface area contributed by atoms with E-state index in [1.165, 1.54) is 0 Å². The standard InChI is InChI=1S/C13H9Cl2NO/c14-11-4-3-9(12(15)7-11)6-13-10(8-17)2-1-5-16-13/h1-5,7-8H,6H2. The number of aldehydes is 1. The van der Waals surface area contributed by atoms with E-state index in [0.29, 0.717) is 27.7 Å². The molecular formula is C13H9Cl2NO. The van der Waals surface area contributed by atoms with E-state index in [1.54, 1.807) is 30.5 Å². The van der Waals surface area contributed by atoms with E-state index in [9.17, 15) is 4.79 Å². The van der Waals surface area contributed by atoms with Gasteiger partial charge in [0.1, 0.15) is 0 Å². The second kappa shape index (κ2) is 5.30. The van der Waals surface area contributed by atoms with Gasteiger partial charge in [0.05, 0.1) is 5.69 Å². The van der Waals surface area contributed by atoms with Gasteiger partial charge >= 0.3 is 0 Å². The second-order valence-corrected chi connectivity index (χ2v) is 4.41. The van der Waals surface area contributed by atoms with Crippen LogP contribution in [0.25, 0.3) is 0 Å². The normalized spacial score (nSPS) is 10.2. The number of rotatable bonds is 3. The van der Waals surface area contributed by atoms with Gasteiger partial charge in [0.2, 0.25) is 0 Å². The fraction of sp³-hybridized carbons (Fsp3) is 0.0769. The van der Waals surface area contributed by atoms with Crippen LogP contribution in [0.2, 0.25) is 10.0 Å². The molecule has 0 atom stereocenters. The van der Waals surface area contributed by atoms with Crippen molar-refractivity contribution in [3.8, 4) is 0 Å². The van der Waals surface area contributed by atoms with Crippen molar-refractivity contribution >= 4 is 29.5 Å². The quantitative estimate of drug-likeness (QED) is 0.791. The van der Waals surface area contributed by atoms with Crippen molar-refractivity contribution in [1.82, 2.24) is 4.98 Å². The van der Waals surface area contributed by atoms with Crippen molar-refractivity contribution in [2.75, 3.05) is 0 Å². The average molecular weight is 266 g/mol. The molecule has 0 aliphatic heterocycles. The summed E-state index contributed by atoms with van der Waals surface area (Å²) in [5.41, 5.74) is 2.20. The van der Waals surface area contributed by atoms with E-state index >= 15 is 0 Å². The maximum atomic E-state index is 10.9. The van der Waals surface area contributed by atoms with Gasteiger partial charge in [-0.1, -0.05) is 29.3 Å². The predicted molar refractivity (Wildman–Crippen MR) is 68.9 cm³/mol. The molecule has 1 aromatic carbocycles. The summed E-state index contributed by atoms with van der Waals surface area (Å²) in [6, 6.07) is 8.76. The topological polar surface area (TPSA) is 30.0 Å². The fourth-order valence-electron chi connectivity index (χ4n) is 1.55. The number of hydrogen-bond acceptors (Lipinski definition) is 2. The van der Waals surface area contributed by atoms with Gasteiger partial charge in [0, 0.05) is 28.2 Å². The molecule has 0 aliphatic rings. The molecule has 0 unspecified atom stereocenters. The predicted octanol–water partition coefficient (Wildman–Crippen LogP) is 3.79. The van der Waals surface area contributed by atoms with Gasteiger partial charge in [-0.2, -0.15) is 0 Å². The highest BCUT2D eigenvalue weighted by Crippen LogP contribution is 2.23. The maximum absolute atomic E-state index is 10.9. The van der Waals surface area contributed by atoms with Crippen molar-refractivity contribution in [2.45, 2.75) is 6.42 Å². The van der Waals surface area contributed by atoms with Crippen LogP contribution in [0.4, 0.5) is 0 Å². The number of nitrogens with zero attached hydrogens (tertiary/aromatic N) is 1. The Morgan fingerprint density at radius 3 is 2.76 bits per heavy atom. The van der Waals surface area contributed by atoms with E-state index in [1.807, 2.05) is 6.07 Å². The van der Waals surface area contributed by atoms with Crippen LogP contribution in [0.5, 0.6) is 0 Å². The molecule has 4 heteroatoms. The van der Waals surface area contributed by atoms with Crippen molar-refractivity contribution in [1.29, 1.82) is 0 Å². The van der Waals surface area contributed by atoms with E-state index < -0.39 is 0 Å². The van der Waals surface area contributed by atoms with E-state index in [0.717, 1.165) is 11.8 Å². The molecule has 0 spiro atoms. The Bertz CT molecular complexity index is 555. The minimum absolute atomic E-state index is 0.519. The van der Waals surface area contributed by atoms with Crippen LogP contribution in [0.3, 0.4) is 0 Å². The van der Waals surface area contributed by atoms with Gasteiger partial charge in [0.15, 0.2) is 6.29 Å². The largest absolute Gasteiger partial charge is 0.298 e. The molecule has 0 saturated carbocycles. The van der Waals surface area contributed by atoms with Crippen LogP contribution in [0.1, 0.15) is 21.6 Å². The Balaban J connectivity index is 2.34. The van der Waals surface area contributed by atoms with Crippen LogP contribution in [-0.2, 0) is 6.42 Å². The second-order valence-electron chi connectivity index (χ2n) is 3.57. The van der Waals surface area contributed by atoms with Crippen molar-refractivity contribution < 1.29 is 4.79 Å². The van der Waals surface area contributed by atoms with Gasteiger partial charge in [-0.05, 0) is 29.8 Å². The Hall–Kier alpha value is -1.38. The molecule has 2 aromatic rings. The van der Waals surface area contributed by atoms with Crippen molar-refractivity contribution in [3.63, 3.8) is 0 Å². The molecule has 0 aliphatic carbocycles. The number of hydrogen-bond donors (Lipinski definition) is 0. The number of benzene rings is 1. The third-order valence-electron chi connectivity index (χ3n) is 2.43. The lowest BCUT2D eigenvalue weighted by molar-refractivity contribution is 0.112. The van der Waals surface area contributed by atoms with Crippen LogP contribution in [-0.4, -0.2) is 11.3 Å². The molecule has 0 N–H and O–H groups in total. The summed E-state index contributed by atoms with van der Waals surface area (Å²) in [4.78, 5) is 15.0. The van der Waals surface area contributed by atoms with E-state index in [4.69, 9.17) is 23.2 Å². The first-order valence-corrected chi connectivity index (χ1v) is 5.79. The first-order valence-electron chi connectivity index (χ1n) is 5.03. The minimum atomic E-state index is 0.519. The number of carbonyl (C=O) groups is 1. The smallest absolute Gasteiger partial charge is 0.151 e. The zero-order valence-corrected chi connectivity index (χ0v) is 10.4. The summed E-state index contributed by atoms with van der Waals surface area (Å²) < 4.78 is 0. The lowest BCUT2D eigenvalue weighted by Crippen LogP contribution is -1.98.